The number of aromatic nitrogens is 3. The molecule has 0 aliphatic carbocycles. The largest absolute Gasteiger partial charge is 0.384 e. The van der Waals surface area contributed by atoms with Crippen molar-refractivity contribution in [2.45, 2.75) is 51.9 Å². The summed E-state index contributed by atoms with van der Waals surface area (Å²) < 4.78 is 6.28. The maximum absolute atomic E-state index is 5.29. The summed E-state index contributed by atoms with van der Waals surface area (Å²) >= 11 is 3.41. The molecule has 2 rings (SSSR count). The molecule has 24 heavy (non-hydrogen) atoms. The van der Waals surface area contributed by atoms with Gasteiger partial charge in [0, 0.05) is 29.1 Å². The van der Waals surface area contributed by atoms with Gasteiger partial charge in [-0.15, -0.1) is 13.2 Å². The fraction of sp³-hybridized carbons (Fsp3) is 0.500. The van der Waals surface area contributed by atoms with Gasteiger partial charge in [0.25, 0.3) is 0 Å². The number of pyridine rings is 1. The van der Waals surface area contributed by atoms with Crippen molar-refractivity contribution in [2.75, 3.05) is 11.9 Å². The number of hydrogen-bond acceptors (Lipinski definition) is 5. The van der Waals surface area contributed by atoms with E-state index in [1.54, 1.807) is 6.20 Å². The van der Waals surface area contributed by atoms with Crippen molar-refractivity contribution >= 4 is 21.6 Å². The van der Waals surface area contributed by atoms with E-state index in [1.165, 1.54) is 0 Å². The van der Waals surface area contributed by atoms with E-state index in [0.717, 1.165) is 48.2 Å². The van der Waals surface area contributed by atoms with Crippen LogP contribution in [0, 0.1) is 0 Å². The highest BCUT2D eigenvalue weighted by Crippen LogP contribution is 2.20. The molecule has 5 nitrogen and oxygen atoms in total. The van der Waals surface area contributed by atoms with Crippen LogP contribution in [-0.4, -0.2) is 21.7 Å². The molecular formula is C18H27BrN4O. The van der Waals surface area contributed by atoms with Gasteiger partial charge in [-0.1, -0.05) is 32.3 Å². The molecule has 0 aliphatic rings. The summed E-state index contributed by atoms with van der Waals surface area (Å²) in [5, 5.41) is 7.41. The van der Waals surface area contributed by atoms with E-state index in [0.29, 0.717) is 5.89 Å². The number of hydrogen-bond donors (Lipinski definition) is 1. The fourth-order valence-electron chi connectivity index (χ4n) is 1.99. The molecule has 0 radical (unpaired) electrons. The maximum Gasteiger partial charge on any atom is 0.232 e. The number of halogens is 1. The third-order valence-corrected chi connectivity index (χ3v) is 3.65. The molecule has 0 fully saturated rings. The van der Waals surface area contributed by atoms with Crippen LogP contribution in [0.15, 0.2) is 40.6 Å². The number of rotatable bonds is 7. The van der Waals surface area contributed by atoms with Crippen molar-refractivity contribution in [1.29, 1.82) is 0 Å². The fourth-order valence-corrected chi connectivity index (χ4v) is 2.35. The number of nitrogens with one attached hydrogen (secondary N) is 1. The van der Waals surface area contributed by atoms with Crippen LogP contribution in [-0.2, 0) is 11.8 Å². The Morgan fingerprint density at radius 2 is 1.92 bits per heavy atom. The Labute approximate surface area is 153 Å². The van der Waals surface area contributed by atoms with Crippen molar-refractivity contribution in [3.8, 4) is 0 Å². The highest BCUT2D eigenvalue weighted by Gasteiger charge is 2.21. The summed E-state index contributed by atoms with van der Waals surface area (Å²) in [4.78, 5) is 8.57. The summed E-state index contributed by atoms with van der Waals surface area (Å²) in [5.74, 6) is 1.53. The zero-order valence-corrected chi connectivity index (χ0v) is 16.4. The van der Waals surface area contributed by atoms with Gasteiger partial charge in [0.1, 0.15) is 0 Å². The van der Waals surface area contributed by atoms with E-state index < -0.39 is 0 Å². The molecule has 0 bridgehead atoms. The van der Waals surface area contributed by atoms with Crippen LogP contribution < -0.4 is 5.32 Å². The van der Waals surface area contributed by atoms with Gasteiger partial charge in [-0.25, -0.2) is 0 Å². The molecule has 0 aliphatic heterocycles. The monoisotopic (exact) mass is 394 g/mol. The average Bonchev–Trinajstić information content (AvgIpc) is 3.02. The molecule has 0 atom stereocenters. The number of aryl methyl sites for hydroxylation is 1. The van der Waals surface area contributed by atoms with Crippen LogP contribution in [0.25, 0.3) is 0 Å². The minimum absolute atomic E-state index is 0.0762. The Bertz CT molecular complexity index is 607. The zero-order chi connectivity index (χ0) is 18.0. The maximum atomic E-state index is 5.29. The van der Waals surface area contributed by atoms with E-state index in [4.69, 9.17) is 4.52 Å². The summed E-state index contributed by atoms with van der Waals surface area (Å²) in [5.41, 5.74) is 0.968. The van der Waals surface area contributed by atoms with Gasteiger partial charge in [0.2, 0.25) is 5.89 Å². The molecule has 0 unspecified atom stereocenters. The first-order valence-corrected chi connectivity index (χ1v) is 8.92. The van der Waals surface area contributed by atoms with E-state index in [-0.39, 0.29) is 5.41 Å². The lowest BCUT2D eigenvalue weighted by atomic mass is 9.97. The van der Waals surface area contributed by atoms with Gasteiger partial charge in [-0.05, 0) is 34.8 Å². The second-order valence-electron chi connectivity index (χ2n) is 6.40. The molecular weight excluding hydrogens is 368 g/mol. The Kier molecular flexibility index (Phi) is 8.68. The van der Waals surface area contributed by atoms with Gasteiger partial charge >= 0.3 is 0 Å². The SMILES string of the molecule is C=C.CC(C)(C)c1nc(CCCCCNc2cncc(Br)c2)no1. The highest BCUT2D eigenvalue weighted by atomic mass is 79.9. The lowest BCUT2D eigenvalue weighted by Gasteiger charge is -2.10. The lowest BCUT2D eigenvalue weighted by Crippen LogP contribution is -2.11. The highest BCUT2D eigenvalue weighted by molar-refractivity contribution is 9.10. The summed E-state index contributed by atoms with van der Waals surface area (Å²) in [6.45, 7) is 13.2. The molecule has 6 heteroatoms. The Hall–Kier alpha value is -1.69. The van der Waals surface area contributed by atoms with E-state index in [1.807, 2.05) is 12.3 Å². The average molecular weight is 395 g/mol. The van der Waals surface area contributed by atoms with Crippen molar-refractivity contribution < 1.29 is 4.52 Å². The molecule has 0 saturated heterocycles. The van der Waals surface area contributed by atoms with Crippen LogP contribution in [0.3, 0.4) is 0 Å². The summed E-state index contributed by atoms with van der Waals surface area (Å²) in [6.07, 6.45) is 7.80. The Morgan fingerprint density at radius 1 is 1.17 bits per heavy atom. The number of nitrogens with zero attached hydrogens (tertiary/aromatic N) is 3. The van der Waals surface area contributed by atoms with Crippen molar-refractivity contribution in [3.05, 3.63) is 47.8 Å². The minimum atomic E-state index is -0.0762. The predicted octanol–water partition coefficient (Wildman–Crippen LogP) is 5.15. The normalized spacial score (nSPS) is 10.8. The van der Waals surface area contributed by atoms with E-state index in [2.05, 4.69) is 70.3 Å². The minimum Gasteiger partial charge on any atom is -0.384 e. The predicted molar refractivity (Wildman–Crippen MR) is 102 cm³/mol. The smallest absolute Gasteiger partial charge is 0.232 e. The molecule has 2 aromatic rings. The zero-order valence-electron chi connectivity index (χ0n) is 14.8. The van der Waals surface area contributed by atoms with Crippen LogP contribution in [0.5, 0.6) is 0 Å². The second-order valence-corrected chi connectivity index (χ2v) is 7.31. The van der Waals surface area contributed by atoms with Gasteiger partial charge in [-0.3, -0.25) is 4.98 Å². The van der Waals surface area contributed by atoms with Crippen molar-refractivity contribution in [2.24, 2.45) is 0 Å². The molecule has 0 aromatic carbocycles. The Morgan fingerprint density at radius 3 is 2.54 bits per heavy atom. The quantitative estimate of drug-likeness (QED) is 0.519. The number of anilines is 1. The van der Waals surface area contributed by atoms with E-state index >= 15 is 0 Å². The molecule has 2 heterocycles. The molecule has 1 N–H and O–H groups in total. The number of unbranched alkanes of at least 4 members (excludes halogenated alkanes) is 2. The first-order chi connectivity index (χ1) is 11.4. The molecule has 0 saturated carbocycles. The molecule has 132 valence electrons. The summed E-state index contributed by atoms with van der Waals surface area (Å²) in [6, 6.07) is 2.03. The van der Waals surface area contributed by atoms with E-state index in [9.17, 15) is 0 Å². The molecule has 0 spiro atoms. The third-order valence-electron chi connectivity index (χ3n) is 3.22. The van der Waals surface area contributed by atoms with Crippen LogP contribution in [0.1, 0.15) is 51.7 Å². The Balaban J connectivity index is 0.00000139. The van der Waals surface area contributed by atoms with Gasteiger partial charge in [0.15, 0.2) is 5.82 Å². The second kappa shape index (κ2) is 10.2. The van der Waals surface area contributed by atoms with Crippen LogP contribution >= 0.6 is 15.9 Å². The molecule has 0 amide bonds. The first-order valence-electron chi connectivity index (χ1n) is 8.12. The lowest BCUT2D eigenvalue weighted by molar-refractivity contribution is 0.318. The van der Waals surface area contributed by atoms with Crippen molar-refractivity contribution in [3.63, 3.8) is 0 Å². The standard InChI is InChI=1S/C16H23BrN4O.C2H4/c1-16(2,3)15-20-14(21-22-15)7-5-4-6-8-19-13-9-12(17)10-18-11-13;1-2/h9-11,19H,4-8H2,1-3H3;1-2H2. The molecule has 2 aromatic heterocycles. The third kappa shape index (κ3) is 7.25. The summed E-state index contributed by atoms with van der Waals surface area (Å²) in [7, 11) is 0. The van der Waals surface area contributed by atoms with Crippen LogP contribution in [0.4, 0.5) is 5.69 Å². The first kappa shape index (κ1) is 20.4. The van der Waals surface area contributed by atoms with Crippen LogP contribution in [0.2, 0.25) is 0 Å². The van der Waals surface area contributed by atoms with Gasteiger partial charge in [-0.2, -0.15) is 4.98 Å². The van der Waals surface area contributed by atoms with Gasteiger partial charge < -0.3 is 9.84 Å². The van der Waals surface area contributed by atoms with Gasteiger partial charge in [0.05, 0.1) is 11.9 Å². The topological polar surface area (TPSA) is 63.8 Å². The van der Waals surface area contributed by atoms with Crippen molar-refractivity contribution in [1.82, 2.24) is 15.1 Å².